The van der Waals surface area contributed by atoms with Gasteiger partial charge in [0.1, 0.15) is 0 Å². The topological polar surface area (TPSA) is 74.7 Å². The molecule has 1 fully saturated rings. The van der Waals surface area contributed by atoms with Crippen LogP contribution >= 0.6 is 0 Å². The number of rotatable bonds is 5. The van der Waals surface area contributed by atoms with Gasteiger partial charge in [-0.05, 0) is 18.8 Å². The summed E-state index contributed by atoms with van der Waals surface area (Å²) in [6, 6.07) is 0. The Bertz CT molecular complexity index is 390. The zero-order valence-corrected chi connectivity index (χ0v) is 11.5. The van der Waals surface area contributed by atoms with Crippen LogP contribution in [0.2, 0.25) is 0 Å². The molecule has 0 spiro atoms. The molecule has 1 rings (SSSR count). The largest absolute Gasteiger partial charge is 0.481 e. The minimum absolute atomic E-state index is 0.0678. The van der Waals surface area contributed by atoms with Gasteiger partial charge < -0.3 is 5.11 Å². The Morgan fingerprint density at radius 3 is 2.41 bits per heavy atom. The first-order chi connectivity index (χ1) is 7.76. The number of carboxylic acids is 1. The lowest BCUT2D eigenvalue weighted by molar-refractivity contribution is -0.150. The lowest BCUT2D eigenvalue weighted by atomic mass is 9.77. The van der Waals surface area contributed by atoms with E-state index in [4.69, 9.17) is 0 Å². The number of carboxylic acid groups (broad SMARTS) is 1. The van der Waals surface area contributed by atoms with E-state index < -0.39 is 21.4 Å². The minimum Gasteiger partial charge on any atom is -0.481 e. The van der Waals surface area contributed by atoms with Crippen LogP contribution in [-0.4, -0.2) is 42.6 Å². The molecule has 0 bridgehead atoms. The van der Waals surface area contributed by atoms with Crippen molar-refractivity contribution in [3.63, 3.8) is 0 Å². The number of sulfonamides is 1. The summed E-state index contributed by atoms with van der Waals surface area (Å²) in [5.41, 5.74) is -0.916. The smallest absolute Gasteiger partial charge is 0.311 e. The average molecular weight is 263 g/mol. The first-order valence-electron chi connectivity index (χ1n) is 5.97. The van der Waals surface area contributed by atoms with Crippen molar-refractivity contribution in [1.29, 1.82) is 0 Å². The van der Waals surface area contributed by atoms with Crippen molar-refractivity contribution in [3.8, 4) is 0 Å². The van der Waals surface area contributed by atoms with E-state index in [1.807, 2.05) is 13.8 Å². The Kier molecular flexibility index (Phi) is 4.19. The van der Waals surface area contributed by atoms with Gasteiger partial charge in [0.25, 0.3) is 0 Å². The Hall–Kier alpha value is -0.620. The molecule has 17 heavy (non-hydrogen) atoms. The van der Waals surface area contributed by atoms with Gasteiger partial charge >= 0.3 is 5.97 Å². The molecule has 0 saturated carbocycles. The van der Waals surface area contributed by atoms with Crippen molar-refractivity contribution in [2.24, 2.45) is 11.3 Å². The highest BCUT2D eigenvalue weighted by atomic mass is 32.2. The molecule has 1 unspecified atom stereocenters. The van der Waals surface area contributed by atoms with Gasteiger partial charge in [-0.25, -0.2) is 12.7 Å². The van der Waals surface area contributed by atoms with Gasteiger partial charge in [-0.3, -0.25) is 4.79 Å². The summed E-state index contributed by atoms with van der Waals surface area (Å²) in [7, 11) is -3.28. The highest BCUT2D eigenvalue weighted by Crippen LogP contribution is 2.39. The van der Waals surface area contributed by atoms with Gasteiger partial charge in [-0.15, -0.1) is 0 Å². The fourth-order valence-electron chi connectivity index (χ4n) is 2.31. The first kappa shape index (κ1) is 14.4. The Morgan fingerprint density at radius 2 is 2.06 bits per heavy atom. The van der Waals surface area contributed by atoms with Gasteiger partial charge in [0.15, 0.2) is 0 Å². The molecule has 1 heterocycles. The van der Waals surface area contributed by atoms with Crippen LogP contribution in [0.5, 0.6) is 0 Å². The van der Waals surface area contributed by atoms with Gasteiger partial charge in [0.05, 0.1) is 11.2 Å². The van der Waals surface area contributed by atoms with E-state index in [1.54, 1.807) is 6.92 Å². The summed E-state index contributed by atoms with van der Waals surface area (Å²) in [5, 5.41) is 9.33. The van der Waals surface area contributed by atoms with E-state index in [0.717, 1.165) is 0 Å². The lowest BCUT2D eigenvalue weighted by Gasteiger charge is -2.28. The summed E-state index contributed by atoms with van der Waals surface area (Å²) in [4.78, 5) is 11.4. The summed E-state index contributed by atoms with van der Waals surface area (Å²) in [6.45, 7) is 5.92. The lowest BCUT2D eigenvalue weighted by Crippen LogP contribution is -2.41. The maximum Gasteiger partial charge on any atom is 0.311 e. The molecule has 5 nitrogen and oxygen atoms in total. The van der Waals surface area contributed by atoms with Gasteiger partial charge in [-0.1, -0.05) is 20.8 Å². The van der Waals surface area contributed by atoms with Crippen LogP contribution in [0, 0.1) is 11.3 Å². The Balaban J connectivity index is 2.91. The van der Waals surface area contributed by atoms with Crippen molar-refractivity contribution in [3.05, 3.63) is 0 Å². The van der Waals surface area contributed by atoms with Crippen LogP contribution in [0.1, 0.15) is 33.6 Å². The molecule has 0 aromatic carbocycles. The van der Waals surface area contributed by atoms with Crippen LogP contribution in [0.4, 0.5) is 0 Å². The fraction of sp³-hybridized carbons (Fsp3) is 0.909. The normalized spacial score (nSPS) is 26.6. The molecule has 1 saturated heterocycles. The molecular formula is C11H21NO4S. The molecule has 1 aliphatic heterocycles. The number of hydrogen-bond donors (Lipinski definition) is 1. The molecule has 0 aromatic heterocycles. The van der Waals surface area contributed by atoms with Gasteiger partial charge in [-0.2, -0.15) is 0 Å². The third-order valence-corrected chi connectivity index (χ3v) is 5.68. The Morgan fingerprint density at radius 1 is 1.47 bits per heavy atom. The SMILES string of the molecule is CCCS(=O)(=O)N1CCC(C(=O)O)(C(C)C)C1. The average Bonchev–Trinajstić information content (AvgIpc) is 2.63. The second kappa shape index (κ2) is 4.94. The summed E-state index contributed by atoms with van der Waals surface area (Å²) >= 11 is 0. The van der Waals surface area contributed by atoms with E-state index in [-0.39, 0.29) is 18.2 Å². The van der Waals surface area contributed by atoms with Gasteiger partial charge in [0, 0.05) is 13.1 Å². The monoisotopic (exact) mass is 263 g/mol. The predicted octanol–water partition coefficient (Wildman–Crippen LogP) is 1.16. The zero-order chi connectivity index (χ0) is 13.3. The van der Waals surface area contributed by atoms with Crippen molar-refractivity contribution in [1.82, 2.24) is 4.31 Å². The van der Waals surface area contributed by atoms with Crippen LogP contribution in [-0.2, 0) is 14.8 Å². The number of nitrogens with zero attached hydrogens (tertiary/aromatic N) is 1. The minimum atomic E-state index is -3.28. The van der Waals surface area contributed by atoms with Crippen LogP contribution < -0.4 is 0 Å². The predicted molar refractivity (Wildman–Crippen MR) is 65.2 cm³/mol. The van der Waals surface area contributed by atoms with Crippen LogP contribution in [0.3, 0.4) is 0 Å². The molecule has 0 aliphatic carbocycles. The number of carbonyl (C=O) groups is 1. The van der Waals surface area contributed by atoms with E-state index in [0.29, 0.717) is 19.4 Å². The van der Waals surface area contributed by atoms with Crippen molar-refractivity contribution in [2.75, 3.05) is 18.8 Å². The number of hydrogen-bond acceptors (Lipinski definition) is 3. The Labute approximate surface area is 103 Å². The van der Waals surface area contributed by atoms with E-state index in [1.165, 1.54) is 4.31 Å². The molecule has 6 heteroatoms. The highest BCUT2D eigenvalue weighted by Gasteiger charge is 2.49. The summed E-state index contributed by atoms with van der Waals surface area (Å²) in [6.07, 6.45) is 0.962. The van der Waals surface area contributed by atoms with Crippen molar-refractivity contribution >= 4 is 16.0 Å². The zero-order valence-electron chi connectivity index (χ0n) is 10.6. The maximum atomic E-state index is 11.9. The van der Waals surface area contributed by atoms with E-state index in [2.05, 4.69) is 0 Å². The molecule has 1 atom stereocenters. The summed E-state index contributed by atoms with van der Waals surface area (Å²) in [5.74, 6) is -0.857. The van der Waals surface area contributed by atoms with Gasteiger partial charge in [0.2, 0.25) is 10.0 Å². The van der Waals surface area contributed by atoms with E-state index >= 15 is 0 Å². The van der Waals surface area contributed by atoms with Crippen molar-refractivity contribution < 1.29 is 18.3 Å². The molecule has 0 amide bonds. The first-order valence-corrected chi connectivity index (χ1v) is 7.58. The van der Waals surface area contributed by atoms with E-state index in [9.17, 15) is 18.3 Å². The molecular weight excluding hydrogens is 242 g/mol. The second-order valence-corrected chi connectivity index (χ2v) is 7.10. The third-order valence-electron chi connectivity index (χ3n) is 3.65. The molecule has 0 radical (unpaired) electrons. The quantitative estimate of drug-likeness (QED) is 0.807. The maximum absolute atomic E-state index is 11.9. The third kappa shape index (κ3) is 2.63. The molecule has 1 N–H and O–H groups in total. The standard InChI is InChI=1S/C11H21NO4S/c1-4-7-17(15,16)12-6-5-11(8-12,9(2)3)10(13)14/h9H,4-8H2,1-3H3,(H,13,14). The second-order valence-electron chi connectivity index (χ2n) is 5.02. The molecule has 1 aliphatic rings. The molecule has 100 valence electrons. The van der Waals surface area contributed by atoms with Crippen LogP contribution in [0.25, 0.3) is 0 Å². The number of aliphatic carboxylic acids is 1. The fourth-order valence-corrected chi connectivity index (χ4v) is 3.88. The van der Waals surface area contributed by atoms with Crippen molar-refractivity contribution in [2.45, 2.75) is 33.6 Å². The summed E-state index contributed by atoms with van der Waals surface area (Å²) < 4.78 is 25.1. The van der Waals surface area contributed by atoms with Crippen LogP contribution in [0.15, 0.2) is 0 Å². The molecule has 0 aromatic rings. The highest BCUT2D eigenvalue weighted by molar-refractivity contribution is 7.89.